The minimum atomic E-state index is -0.726. The maximum Gasteiger partial charge on any atom is 0.330 e. The van der Waals surface area contributed by atoms with Crippen molar-refractivity contribution < 1.29 is 14.3 Å². The third kappa shape index (κ3) is 4.78. The summed E-state index contributed by atoms with van der Waals surface area (Å²) < 4.78 is 6.35. The van der Waals surface area contributed by atoms with Crippen molar-refractivity contribution in [1.29, 1.82) is 0 Å². The maximum atomic E-state index is 12.7. The molecule has 1 aliphatic rings. The molecule has 0 unspecified atom stereocenters. The lowest BCUT2D eigenvalue weighted by atomic mass is 10.2. The van der Waals surface area contributed by atoms with Crippen LogP contribution in [0.5, 0.6) is 0 Å². The number of esters is 1. The average Bonchev–Trinajstić information content (AvgIpc) is 3.35. The normalized spacial score (nSPS) is 18.2. The van der Waals surface area contributed by atoms with Gasteiger partial charge in [-0.05, 0) is 25.2 Å². The Morgan fingerprint density at radius 1 is 1.30 bits per heavy atom. The predicted molar refractivity (Wildman–Crippen MR) is 102 cm³/mol. The van der Waals surface area contributed by atoms with Crippen LogP contribution in [-0.2, 0) is 20.9 Å². The number of unbranched alkanes of at least 4 members (excludes halogenated alkanes) is 1. The first-order chi connectivity index (χ1) is 12.8. The number of anilines is 2. The fourth-order valence-electron chi connectivity index (χ4n) is 2.93. The molecular weight excluding hydrogens is 352 g/mol. The molecule has 0 spiro atoms. The fourth-order valence-corrected chi connectivity index (χ4v) is 2.93. The summed E-state index contributed by atoms with van der Waals surface area (Å²) >= 11 is 0. The van der Waals surface area contributed by atoms with E-state index in [0.29, 0.717) is 19.4 Å². The zero-order valence-electron chi connectivity index (χ0n) is 16.1. The summed E-state index contributed by atoms with van der Waals surface area (Å²) in [6.07, 6.45) is 2.82. The maximum absolute atomic E-state index is 12.7. The molecule has 0 bridgehead atoms. The molecule has 1 aliphatic carbocycles. The number of carbonyl (C=O) groups is 2. The molecule has 1 aromatic heterocycles. The molecule has 9 heteroatoms. The van der Waals surface area contributed by atoms with Gasteiger partial charge in [-0.3, -0.25) is 23.9 Å². The summed E-state index contributed by atoms with van der Waals surface area (Å²) in [5.74, 6) is -0.868. The number of ether oxygens (including phenoxy) is 1. The van der Waals surface area contributed by atoms with Crippen molar-refractivity contribution in [3.8, 4) is 0 Å². The molecule has 1 heterocycles. The van der Waals surface area contributed by atoms with Crippen molar-refractivity contribution in [1.82, 2.24) is 9.55 Å². The van der Waals surface area contributed by atoms with Gasteiger partial charge in [0.1, 0.15) is 5.82 Å². The minimum absolute atomic E-state index is 0.0582. The van der Waals surface area contributed by atoms with Crippen LogP contribution >= 0.6 is 0 Å². The van der Waals surface area contributed by atoms with E-state index in [0.717, 1.165) is 12.8 Å². The van der Waals surface area contributed by atoms with E-state index in [-0.39, 0.29) is 29.9 Å². The van der Waals surface area contributed by atoms with E-state index >= 15 is 0 Å². The number of nitrogens with two attached hydrogens (primary N) is 1. The van der Waals surface area contributed by atoms with Crippen LogP contribution in [0.25, 0.3) is 0 Å². The zero-order chi connectivity index (χ0) is 20.1. The van der Waals surface area contributed by atoms with E-state index < -0.39 is 29.7 Å². The van der Waals surface area contributed by atoms with Gasteiger partial charge in [0, 0.05) is 13.1 Å². The Hall–Kier alpha value is -2.58. The van der Waals surface area contributed by atoms with Gasteiger partial charge >= 0.3 is 11.7 Å². The Balaban J connectivity index is 2.28. The molecule has 0 aliphatic heterocycles. The third-order valence-corrected chi connectivity index (χ3v) is 4.72. The van der Waals surface area contributed by atoms with E-state index in [4.69, 9.17) is 10.5 Å². The summed E-state index contributed by atoms with van der Waals surface area (Å²) in [4.78, 5) is 52.4. The van der Waals surface area contributed by atoms with Crippen LogP contribution in [0.1, 0.15) is 46.5 Å². The van der Waals surface area contributed by atoms with Crippen molar-refractivity contribution in [2.45, 2.75) is 53.0 Å². The smallest absolute Gasteiger partial charge is 0.330 e. The number of H-pyrrole nitrogens is 1. The van der Waals surface area contributed by atoms with Gasteiger partial charge in [-0.15, -0.1) is 0 Å². The number of nitrogens with one attached hydrogen (secondary N) is 1. The largest absolute Gasteiger partial charge is 0.455 e. The first-order valence-electron chi connectivity index (χ1n) is 9.41. The SMILES string of the molecule is CCCCN(C(=O)COC(=O)[C@@H]1C[C@H]1C)c1c(N)n(CCC)c(=O)[nH]c1=O. The highest BCUT2D eigenvalue weighted by Gasteiger charge is 2.41. The summed E-state index contributed by atoms with van der Waals surface area (Å²) in [7, 11) is 0. The first kappa shape index (κ1) is 20.7. The van der Waals surface area contributed by atoms with E-state index in [1.807, 2.05) is 20.8 Å². The quantitative estimate of drug-likeness (QED) is 0.612. The van der Waals surface area contributed by atoms with Crippen LogP contribution in [0.3, 0.4) is 0 Å². The number of amides is 1. The van der Waals surface area contributed by atoms with E-state index in [1.54, 1.807) is 0 Å². The molecule has 1 fully saturated rings. The molecular formula is C18H28N4O5. The minimum Gasteiger partial charge on any atom is -0.455 e. The summed E-state index contributed by atoms with van der Waals surface area (Å²) in [5.41, 5.74) is 4.65. The molecule has 2 atom stereocenters. The zero-order valence-corrected chi connectivity index (χ0v) is 16.1. The highest BCUT2D eigenvalue weighted by molar-refractivity contribution is 5.97. The second-order valence-electron chi connectivity index (χ2n) is 6.97. The monoisotopic (exact) mass is 380 g/mol. The van der Waals surface area contributed by atoms with Crippen LogP contribution in [-0.4, -0.2) is 34.6 Å². The number of aromatic nitrogens is 2. The molecule has 1 saturated carbocycles. The molecule has 1 aromatic rings. The van der Waals surface area contributed by atoms with Crippen molar-refractivity contribution in [2.75, 3.05) is 23.8 Å². The lowest BCUT2D eigenvalue weighted by Crippen LogP contribution is -2.43. The Kier molecular flexibility index (Phi) is 6.81. The van der Waals surface area contributed by atoms with Crippen LogP contribution in [0.4, 0.5) is 11.5 Å². The molecule has 150 valence electrons. The lowest BCUT2D eigenvalue weighted by molar-refractivity contribution is -0.149. The molecule has 3 N–H and O–H groups in total. The summed E-state index contributed by atoms with van der Waals surface area (Å²) in [5, 5.41) is 0. The van der Waals surface area contributed by atoms with Crippen LogP contribution in [0.15, 0.2) is 9.59 Å². The number of hydrogen-bond donors (Lipinski definition) is 2. The van der Waals surface area contributed by atoms with E-state index in [1.165, 1.54) is 9.47 Å². The van der Waals surface area contributed by atoms with Gasteiger partial charge in [0.05, 0.1) is 5.92 Å². The van der Waals surface area contributed by atoms with Gasteiger partial charge < -0.3 is 15.4 Å². The molecule has 0 radical (unpaired) electrons. The Labute approximate surface area is 157 Å². The fraction of sp³-hybridized carbons (Fsp3) is 0.667. The number of aromatic amines is 1. The van der Waals surface area contributed by atoms with Gasteiger partial charge in [0.15, 0.2) is 12.3 Å². The van der Waals surface area contributed by atoms with Gasteiger partial charge in [-0.2, -0.15) is 0 Å². The lowest BCUT2D eigenvalue weighted by Gasteiger charge is -2.24. The van der Waals surface area contributed by atoms with Crippen molar-refractivity contribution in [2.24, 2.45) is 11.8 Å². The van der Waals surface area contributed by atoms with Crippen LogP contribution in [0.2, 0.25) is 0 Å². The second-order valence-corrected chi connectivity index (χ2v) is 6.97. The Morgan fingerprint density at radius 2 is 1.96 bits per heavy atom. The van der Waals surface area contributed by atoms with Gasteiger partial charge in [0.2, 0.25) is 0 Å². The Morgan fingerprint density at radius 3 is 2.52 bits per heavy atom. The van der Waals surface area contributed by atoms with E-state index in [2.05, 4.69) is 4.98 Å². The molecule has 27 heavy (non-hydrogen) atoms. The Bertz CT molecular complexity index is 813. The number of rotatable bonds is 9. The number of carbonyl (C=O) groups excluding carboxylic acids is 2. The second kappa shape index (κ2) is 8.88. The number of nitrogens with zero attached hydrogens (tertiary/aromatic N) is 2. The van der Waals surface area contributed by atoms with Gasteiger partial charge in [-0.1, -0.05) is 27.2 Å². The molecule has 1 amide bonds. The standard InChI is InChI=1S/C18H28N4O5/c1-4-6-8-21(13(23)10-27-17(25)12-9-11(12)3)14-15(19)22(7-5-2)18(26)20-16(14)24/h11-12H,4-10,19H2,1-3H3,(H,20,24,26)/t11-,12-/m1/s1. The molecule has 2 rings (SSSR count). The predicted octanol–water partition coefficient (Wildman–Crippen LogP) is 0.861. The first-order valence-corrected chi connectivity index (χ1v) is 9.41. The van der Waals surface area contributed by atoms with Crippen molar-refractivity contribution in [3.05, 3.63) is 20.8 Å². The topological polar surface area (TPSA) is 127 Å². The van der Waals surface area contributed by atoms with E-state index in [9.17, 15) is 19.2 Å². The highest BCUT2D eigenvalue weighted by atomic mass is 16.5. The number of hydrogen-bond acceptors (Lipinski definition) is 6. The van der Waals surface area contributed by atoms with Crippen molar-refractivity contribution >= 4 is 23.4 Å². The molecule has 9 nitrogen and oxygen atoms in total. The van der Waals surface area contributed by atoms with Crippen LogP contribution in [0, 0.1) is 11.8 Å². The summed E-state index contributed by atoms with van der Waals surface area (Å²) in [6, 6.07) is 0. The van der Waals surface area contributed by atoms with Crippen LogP contribution < -0.4 is 21.9 Å². The third-order valence-electron chi connectivity index (χ3n) is 4.72. The van der Waals surface area contributed by atoms with Gasteiger partial charge in [0.25, 0.3) is 11.5 Å². The highest BCUT2D eigenvalue weighted by Crippen LogP contribution is 2.38. The van der Waals surface area contributed by atoms with Crippen molar-refractivity contribution in [3.63, 3.8) is 0 Å². The van der Waals surface area contributed by atoms with Gasteiger partial charge in [-0.25, -0.2) is 4.79 Å². The number of nitrogen functional groups attached to an aromatic ring is 1. The molecule has 0 aromatic carbocycles. The molecule has 0 saturated heterocycles. The average molecular weight is 380 g/mol. The summed E-state index contributed by atoms with van der Waals surface area (Å²) in [6.45, 7) is 5.86.